The minimum atomic E-state index is 0.206. The van der Waals surface area contributed by atoms with Crippen LogP contribution in [-0.4, -0.2) is 6.54 Å². The van der Waals surface area contributed by atoms with Gasteiger partial charge in [-0.3, -0.25) is 0 Å². The first-order valence-corrected chi connectivity index (χ1v) is 7.82. The van der Waals surface area contributed by atoms with Crippen LogP contribution in [0, 0.1) is 0 Å². The minimum absolute atomic E-state index is 0.206. The topological polar surface area (TPSA) is 12.0 Å². The lowest BCUT2D eigenvalue weighted by Crippen LogP contribution is -2.31. The van der Waals surface area contributed by atoms with Crippen LogP contribution in [0.1, 0.15) is 36.8 Å². The molecular formula is C17H23NS. The molecule has 0 bridgehead atoms. The maximum absolute atomic E-state index is 3.57. The highest BCUT2D eigenvalue weighted by molar-refractivity contribution is 7.10. The Hall–Kier alpha value is -1.12. The summed E-state index contributed by atoms with van der Waals surface area (Å²) in [5.41, 5.74) is 2.97. The van der Waals surface area contributed by atoms with E-state index < -0.39 is 0 Å². The number of nitrogens with one attached hydrogen (secondary N) is 1. The van der Waals surface area contributed by atoms with Gasteiger partial charge in [-0.05, 0) is 29.0 Å². The van der Waals surface area contributed by atoms with E-state index in [-0.39, 0.29) is 5.41 Å². The molecule has 0 aliphatic rings. The molecule has 0 unspecified atom stereocenters. The van der Waals surface area contributed by atoms with Gasteiger partial charge in [0.1, 0.15) is 0 Å². The van der Waals surface area contributed by atoms with Crippen molar-refractivity contribution in [3.05, 3.63) is 57.8 Å². The zero-order valence-corrected chi connectivity index (χ0v) is 12.9. The van der Waals surface area contributed by atoms with Crippen LogP contribution >= 0.6 is 11.3 Å². The predicted molar refractivity (Wildman–Crippen MR) is 84.9 cm³/mol. The monoisotopic (exact) mass is 273 g/mol. The largest absolute Gasteiger partial charge is 0.312 e. The number of thiophene rings is 1. The van der Waals surface area contributed by atoms with Crippen LogP contribution in [0.3, 0.4) is 0 Å². The molecule has 0 aliphatic carbocycles. The maximum atomic E-state index is 3.57. The number of rotatable bonds is 6. The third kappa shape index (κ3) is 3.92. The van der Waals surface area contributed by atoms with E-state index >= 15 is 0 Å². The molecule has 0 radical (unpaired) electrons. The van der Waals surface area contributed by atoms with E-state index in [1.807, 2.05) is 11.3 Å². The van der Waals surface area contributed by atoms with E-state index in [9.17, 15) is 0 Å². The fourth-order valence-electron chi connectivity index (χ4n) is 2.16. The smallest absolute Gasteiger partial charge is 0.0205 e. The van der Waals surface area contributed by atoms with Gasteiger partial charge >= 0.3 is 0 Å². The van der Waals surface area contributed by atoms with Gasteiger partial charge in [-0.25, -0.2) is 0 Å². The molecule has 0 aliphatic heterocycles. The van der Waals surface area contributed by atoms with Crippen LogP contribution in [0.15, 0.2) is 41.8 Å². The van der Waals surface area contributed by atoms with Gasteiger partial charge in [-0.1, -0.05) is 51.1 Å². The average molecular weight is 273 g/mol. The third-order valence-corrected chi connectivity index (χ3v) is 4.75. The molecule has 0 saturated heterocycles. The van der Waals surface area contributed by atoms with E-state index in [0.717, 1.165) is 19.5 Å². The van der Waals surface area contributed by atoms with Gasteiger partial charge in [-0.2, -0.15) is 0 Å². The SMILES string of the molecule is CCc1ccc(CNCC(C)(C)c2cccs2)cc1. The standard InChI is InChI=1S/C17H23NS/c1-4-14-7-9-15(10-8-14)12-18-13-17(2,3)16-6-5-11-19-16/h5-11,18H,4,12-13H2,1-3H3. The second-order valence-corrected chi connectivity index (χ2v) is 6.58. The highest BCUT2D eigenvalue weighted by atomic mass is 32.1. The lowest BCUT2D eigenvalue weighted by atomic mass is 9.91. The Bertz CT molecular complexity index is 482. The summed E-state index contributed by atoms with van der Waals surface area (Å²) in [6, 6.07) is 13.3. The number of hydrogen-bond donors (Lipinski definition) is 1. The molecule has 0 saturated carbocycles. The molecule has 19 heavy (non-hydrogen) atoms. The molecule has 1 heterocycles. The number of benzene rings is 1. The van der Waals surface area contributed by atoms with Gasteiger partial charge in [0.05, 0.1) is 0 Å². The average Bonchev–Trinajstić information content (AvgIpc) is 2.94. The summed E-state index contributed by atoms with van der Waals surface area (Å²) < 4.78 is 0. The van der Waals surface area contributed by atoms with E-state index in [1.54, 1.807) is 0 Å². The van der Waals surface area contributed by atoms with Crippen molar-refractivity contribution in [2.45, 2.75) is 39.2 Å². The Labute approximate surface area is 120 Å². The van der Waals surface area contributed by atoms with Crippen molar-refractivity contribution >= 4 is 11.3 Å². The van der Waals surface area contributed by atoms with Gasteiger partial charge in [0.2, 0.25) is 0 Å². The van der Waals surface area contributed by atoms with E-state index in [0.29, 0.717) is 0 Å². The fourth-order valence-corrected chi connectivity index (χ4v) is 3.02. The predicted octanol–water partition coefficient (Wildman–Crippen LogP) is 4.38. The first kappa shape index (κ1) is 14.3. The quantitative estimate of drug-likeness (QED) is 0.823. The van der Waals surface area contributed by atoms with Crippen LogP contribution in [0.25, 0.3) is 0 Å². The van der Waals surface area contributed by atoms with Crippen LogP contribution in [-0.2, 0) is 18.4 Å². The zero-order chi connectivity index (χ0) is 13.7. The highest BCUT2D eigenvalue weighted by Crippen LogP contribution is 2.26. The molecule has 2 heteroatoms. The number of hydrogen-bond acceptors (Lipinski definition) is 2. The molecule has 1 aromatic heterocycles. The summed E-state index contributed by atoms with van der Waals surface area (Å²) in [5, 5.41) is 5.73. The molecule has 1 aromatic carbocycles. The van der Waals surface area contributed by atoms with Crippen molar-refractivity contribution in [1.29, 1.82) is 0 Å². The Morgan fingerprint density at radius 3 is 2.32 bits per heavy atom. The molecule has 2 aromatic rings. The van der Waals surface area contributed by atoms with E-state index in [1.165, 1.54) is 16.0 Å². The van der Waals surface area contributed by atoms with Crippen molar-refractivity contribution in [3.63, 3.8) is 0 Å². The highest BCUT2D eigenvalue weighted by Gasteiger charge is 2.20. The Morgan fingerprint density at radius 2 is 1.74 bits per heavy atom. The Morgan fingerprint density at radius 1 is 1.05 bits per heavy atom. The summed E-state index contributed by atoms with van der Waals surface area (Å²) in [7, 11) is 0. The molecule has 1 nitrogen and oxygen atoms in total. The first-order chi connectivity index (χ1) is 9.12. The maximum Gasteiger partial charge on any atom is 0.0205 e. The molecule has 2 rings (SSSR count). The molecule has 102 valence electrons. The Kier molecular flexibility index (Phi) is 4.78. The van der Waals surface area contributed by atoms with Gasteiger partial charge < -0.3 is 5.32 Å². The van der Waals surface area contributed by atoms with Crippen molar-refractivity contribution in [1.82, 2.24) is 5.32 Å². The van der Waals surface area contributed by atoms with E-state index in [4.69, 9.17) is 0 Å². The summed E-state index contributed by atoms with van der Waals surface area (Å²) in [6.07, 6.45) is 1.11. The van der Waals surface area contributed by atoms with Crippen molar-refractivity contribution < 1.29 is 0 Å². The first-order valence-electron chi connectivity index (χ1n) is 6.94. The molecule has 0 amide bonds. The molecule has 1 N–H and O–H groups in total. The number of aryl methyl sites for hydroxylation is 1. The lowest BCUT2D eigenvalue weighted by molar-refractivity contribution is 0.477. The summed E-state index contributed by atoms with van der Waals surface area (Å²) >= 11 is 1.84. The normalized spacial score (nSPS) is 11.7. The fraction of sp³-hybridized carbons (Fsp3) is 0.412. The third-order valence-electron chi connectivity index (χ3n) is 3.52. The second-order valence-electron chi connectivity index (χ2n) is 5.63. The van der Waals surface area contributed by atoms with Gasteiger partial charge in [-0.15, -0.1) is 11.3 Å². The summed E-state index contributed by atoms with van der Waals surface area (Å²) in [4.78, 5) is 1.45. The van der Waals surface area contributed by atoms with Gasteiger partial charge in [0, 0.05) is 23.4 Å². The van der Waals surface area contributed by atoms with Crippen molar-refractivity contribution in [2.24, 2.45) is 0 Å². The van der Waals surface area contributed by atoms with Gasteiger partial charge in [0.15, 0.2) is 0 Å². The van der Waals surface area contributed by atoms with Crippen LogP contribution in [0.5, 0.6) is 0 Å². The molecule has 0 atom stereocenters. The Balaban J connectivity index is 1.86. The summed E-state index contributed by atoms with van der Waals surface area (Å²) in [6.45, 7) is 8.73. The van der Waals surface area contributed by atoms with Gasteiger partial charge in [0.25, 0.3) is 0 Å². The van der Waals surface area contributed by atoms with Crippen LogP contribution < -0.4 is 5.32 Å². The lowest BCUT2D eigenvalue weighted by Gasteiger charge is -2.23. The van der Waals surface area contributed by atoms with Crippen LogP contribution in [0.4, 0.5) is 0 Å². The molecule has 0 fully saturated rings. The molecular weight excluding hydrogens is 250 g/mol. The summed E-state index contributed by atoms with van der Waals surface area (Å²) in [5.74, 6) is 0. The van der Waals surface area contributed by atoms with Crippen molar-refractivity contribution in [2.75, 3.05) is 6.54 Å². The van der Waals surface area contributed by atoms with Crippen LogP contribution in [0.2, 0.25) is 0 Å². The second kappa shape index (κ2) is 6.36. The zero-order valence-electron chi connectivity index (χ0n) is 12.1. The molecule has 0 spiro atoms. The van der Waals surface area contributed by atoms with Crippen molar-refractivity contribution in [3.8, 4) is 0 Å². The minimum Gasteiger partial charge on any atom is -0.312 e. The van der Waals surface area contributed by atoms with E-state index in [2.05, 4.69) is 67.9 Å².